The summed E-state index contributed by atoms with van der Waals surface area (Å²) in [6, 6.07) is 16.2. The highest BCUT2D eigenvalue weighted by Gasteiger charge is 2.20. The average molecular weight is 532 g/mol. The molecular weight excluding hydrogens is 498 g/mol. The maximum absolute atomic E-state index is 5.50. The van der Waals surface area contributed by atoms with E-state index in [0.29, 0.717) is 23.1 Å². The van der Waals surface area contributed by atoms with E-state index in [-0.39, 0.29) is 0 Å². The van der Waals surface area contributed by atoms with E-state index in [2.05, 4.69) is 44.7 Å². The van der Waals surface area contributed by atoms with E-state index in [1.807, 2.05) is 24.3 Å². The van der Waals surface area contributed by atoms with Gasteiger partial charge in [0.1, 0.15) is 0 Å². The normalized spacial score (nSPS) is 13.1. The molecule has 0 saturated heterocycles. The van der Waals surface area contributed by atoms with Crippen LogP contribution >= 0.6 is 0 Å². The second kappa shape index (κ2) is 11.6. The van der Waals surface area contributed by atoms with Gasteiger partial charge in [-0.3, -0.25) is 4.90 Å². The van der Waals surface area contributed by atoms with Crippen molar-refractivity contribution in [2.24, 2.45) is 0 Å². The zero-order valence-electron chi connectivity index (χ0n) is 22.9. The first-order valence-corrected chi connectivity index (χ1v) is 12.7. The first-order valence-electron chi connectivity index (χ1n) is 12.7. The number of hydrogen-bond acceptors (Lipinski definition) is 9. The quantitative estimate of drug-likeness (QED) is 0.301. The molecule has 1 aliphatic heterocycles. The van der Waals surface area contributed by atoms with E-state index in [0.717, 1.165) is 55.2 Å². The van der Waals surface area contributed by atoms with Gasteiger partial charge in [-0.2, -0.15) is 4.68 Å². The van der Waals surface area contributed by atoms with Crippen LogP contribution in [0, 0.1) is 0 Å². The first-order chi connectivity index (χ1) is 19.1. The van der Waals surface area contributed by atoms with Crippen LogP contribution in [0.3, 0.4) is 0 Å². The molecule has 0 bridgehead atoms. The van der Waals surface area contributed by atoms with Crippen molar-refractivity contribution >= 4 is 0 Å². The lowest BCUT2D eigenvalue weighted by Crippen LogP contribution is -2.32. The van der Waals surface area contributed by atoms with E-state index in [4.69, 9.17) is 23.7 Å². The fourth-order valence-corrected chi connectivity index (χ4v) is 4.97. The van der Waals surface area contributed by atoms with Crippen molar-refractivity contribution in [3.8, 4) is 45.8 Å². The Hall–Kier alpha value is -4.31. The molecule has 204 valence electrons. The van der Waals surface area contributed by atoms with Crippen LogP contribution in [0.15, 0.2) is 48.5 Å². The zero-order chi connectivity index (χ0) is 27.4. The summed E-state index contributed by atoms with van der Waals surface area (Å²) in [5.41, 5.74) is 5.49. The molecule has 3 aromatic carbocycles. The largest absolute Gasteiger partial charge is 0.493 e. The number of aromatic nitrogens is 4. The molecule has 0 N–H and O–H groups in total. The van der Waals surface area contributed by atoms with Gasteiger partial charge in [0.15, 0.2) is 28.8 Å². The van der Waals surface area contributed by atoms with Gasteiger partial charge in [-0.15, -0.1) is 5.10 Å². The van der Waals surface area contributed by atoms with Crippen LogP contribution in [-0.4, -0.2) is 73.7 Å². The number of hydrogen-bond donors (Lipinski definition) is 0. The summed E-state index contributed by atoms with van der Waals surface area (Å²) in [4.78, 5) is 2.48. The number of methoxy groups -OCH3 is 5. The van der Waals surface area contributed by atoms with Gasteiger partial charge >= 0.3 is 0 Å². The molecular formula is C29H33N5O5. The molecule has 0 amide bonds. The third kappa shape index (κ3) is 5.33. The van der Waals surface area contributed by atoms with Crippen molar-refractivity contribution < 1.29 is 23.7 Å². The van der Waals surface area contributed by atoms with Gasteiger partial charge in [-0.05, 0) is 76.4 Å². The van der Waals surface area contributed by atoms with Crippen LogP contribution < -0.4 is 23.7 Å². The van der Waals surface area contributed by atoms with Crippen LogP contribution in [0.25, 0.3) is 17.1 Å². The number of fused-ring (bicyclic) bond motifs is 1. The fraction of sp³-hybridized carbons (Fsp3) is 0.345. The Kier molecular flexibility index (Phi) is 7.83. The second-order valence-corrected chi connectivity index (χ2v) is 9.25. The molecule has 0 unspecified atom stereocenters. The molecule has 0 spiro atoms. The fourth-order valence-electron chi connectivity index (χ4n) is 4.97. The smallest absolute Gasteiger partial charge is 0.203 e. The van der Waals surface area contributed by atoms with Crippen molar-refractivity contribution in [1.82, 2.24) is 25.1 Å². The molecule has 0 radical (unpaired) electrons. The number of rotatable bonds is 10. The minimum atomic E-state index is 0.517. The molecule has 0 saturated carbocycles. The summed E-state index contributed by atoms with van der Waals surface area (Å²) < 4.78 is 29.1. The highest BCUT2D eigenvalue weighted by atomic mass is 16.5. The molecule has 39 heavy (non-hydrogen) atoms. The van der Waals surface area contributed by atoms with E-state index in [9.17, 15) is 0 Å². The maximum atomic E-state index is 5.50. The van der Waals surface area contributed by atoms with Crippen molar-refractivity contribution in [3.05, 3.63) is 65.2 Å². The van der Waals surface area contributed by atoms with Gasteiger partial charge in [0.25, 0.3) is 0 Å². The van der Waals surface area contributed by atoms with Crippen LogP contribution in [0.2, 0.25) is 0 Å². The van der Waals surface area contributed by atoms with Gasteiger partial charge in [0.2, 0.25) is 5.75 Å². The SMILES string of the molecule is COc1cc2c(cc1OC)CN(CCc1ccc(-n3nnnc3-c3cc(OC)c(OC)c(OC)c3)cc1)CC2. The first kappa shape index (κ1) is 26.3. The zero-order valence-corrected chi connectivity index (χ0v) is 22.9. The molecule has 10 heteroatoms. The number of tetrazole rings is 1. The summed E-state index contributed by atoms with van der Waals surface area (Å²) in [5.74, 6) is 3.73. The van der Waals surface area contributed by atoms with Crippen molar-refractivity contribution in [2.75, 3.05) is 48.6 Å². The Morgan fingerprint density at radius 3 is 2.00 bits per heavy atom. The summed E-state index contributed by atoms with van der Waals surface area (Å²) in [7, 11) is 8.10. The van der Waals surface area contributed by atoms with Gasteiger partial charge in [0, 0.05) is 25.2 Å². The van der Waals surface area contributed by atoms with Gasteiger partial charge in [0.05, 0.1) is 41.2 Å². The summed E-state index contributed by atoms with van der Waals surface area (Å²) in [5, 5.41) is 12.4. The third-order valence-electron chi connectivity index (χ3n) is 7.09. The molecule has 4 aromatic rings. The van der Waals surface area contributed by atoms with E-state index in [1.54, 1.807) is 40.2 Å². The summed E-state index contributed by atoms with van der Waals surface area (Å²) in [6.45, 7) is 2.88. The van der Waals surface area contributed by atoms with E-state index >= 15 is 0 Å². The van der Waals surface area contributed by atoms with Crippen LogP contribution in [0.4, 0.5) is 0 Å². The van der Waals surface area contributed by atoms with Crippen LogP contribution in [-0.2, 0) is 19.4 Å². The van der Waals surface area contributed by atoms with Gasteiger partial charge in [-0.1, -0.05) is 12.1 Å². The number of nitrogens with zero attached hydrogens (tertiary/aromatic N) is 5. The van der Waals surface area contributed by atoms with Gasteiger partial charge < -0.3 is 23.7 Å². The lowest BCUT2D eigenvalue weighted by molar-refractivity contribution is 0.255. The average Bonchev–Trinajstić information content (AvgIpc) is 3.48. The van der Waals surface area contributed by atoms with Crippen molar-refractivity contribution in [3.63, 3.8) is 0 Å². The Balaban J connectivity index is 1.28. The highest BCUT2D eigenvalue weighted by molar-refractivity contribution is 5.67. The van der Waals surface area contributed by atoms with E-state index < -0.39 is 0 Å². The molecule has 10 nitrogen and oxygen atoms in total. The predicted molar refractivity (Wildman–Crippen MR) is 146 cm³/mol. The predicted octanol–water partition coefficient (Wildman–Crippen LogP) is 3.97. The lowest BCUT2D eigenvalue weighted by Gasteiger charge is -2.29. The van der Waals surface area contributed by atoms with Crippen molar-refractivity contribution in [1.29, 1.82) is 0 Å². The number of benzene rings is 3. The van der Waals surface area contributed by atoms with E-state index in [1.165, 1.54) is 16.7 Å². The monoisotopic (exact) mass is 531 g/mol. The summed E-state index contributed by atoms with van der Waals surface area (Å²) >= 11 is 0. The Bertz CT molecular complexity index is 1410. The summed E-state index contributed by atoms with van der Waals surface area (Å²) in [6.07, 6.45) is 1.94. The highest BCUT2D eigenvalue weighted by Crippen LogP contribution is 2.41. The molecule has 1 aliphatic rings. The molecule has 5 rings (SSSR count). The molecule has 0 atom stereocenters. The van der Waals surface area contributed by atoms with Crippen LogP contribution in [0.1, 0.15) is 16.7 Å². The topological polar surface area (TPSA) is 93.0 Å². The number of ether oxygens (including phenoxy) is 5. The van der Waals surface area contributed by atoms with Crippen LogP contribution in [0.5, 0.6) is 28.7 Å². The maximum Gasteiger partial charge on any atom is 0.203 e. The molecule has 0 fully saturated rings. The Morgan fingerprint density at radius 1 is 0.744 bits per heavy atom. The third-order valence-corrected chi connectivity index (χ3v) is 7.09. The molecule has 0 aliphatic carbocycles. The second-order valence-electron chi connectivity index (χ2n) is 9.25. The van der Waals surface area contributed by atoms with Crippen molar-refractivity contribution in [2.45, 2.75) is 19.4 Å². The molecule has 2 heterocycles. The lowest BCUT2D eigenvalue weighted by atomic mass is 9.98. The minimum absolute atomic E-state index is 0.517. The Labute approximate surface area is 228 Å². The minimum Gasteiger partial charge on any atom is -0.493 e. The Morgan fingerprint density at radius 2 is 1.38 bits per heavy atom. The molecule has 1 aromatic heterocycles. The van der Waals surface area contributed by atoms with Gasteiger partial charge in [-0.25, -0.2) is 0 Å². The standard InChI is InChI=1S/C29H33N5O5/c1-35-24-14-20-11-13-33(18-22(20)17-25(24)36-2)12-10-19-6-8-23(9-7-19)34-29(30-31-32-34)21-15-26(37-3)28(39-5)27(16-21)38-4/h6-9,14-17H,10-13,18H2,1-5H3.